The molecule has 0 fully saturated rings. The molecule has 1 unspecified atom stereocenters. The maximum atomic E-state index is 11.8. The van der Waals surface area contributed by atoms with Crippen LogP contribution in [0.2, 0.25) is 0 Å². The third-order valence-electron chi connectivity index (χ3n) is 2.28. The van der Waals surface area contributed by atoms with Crippen molar-refractivity contribution < 1.29 is 14.6 Å². The molecule has 1 amide bonds. The highest BCUT2D eigenvalue weighted by Crippen LogP contribution is 2.22. The Labute approximate surface area is 109 Å². The third kappa shape index (κ3) is 4.26. The van der Waals surface area contributed by atoms with Crippen LogP contribution in [0.4, 0.5) is 0 Å². The van der Waals surface area contributed by atoms with Crippen LogP contribution in [-0.2, 0) is 0 Å². The number of carbonyl (C=O) groups is 1. The van der Waals surface area contributed by atoms with Crippen molar-refractivity contribution in [3.05, 3.63) is 23.8 Å². The lowest BCUT2D eigenvalue weighted by Gasteiger charge is -2.09. The molecule has 0 bridgehead atoms. The molecule has 0 heterocycles. The largest absolute Gasteiger partial charge is 0.507 e. The monoisotopic (exact) mass is 301 g/mol. The first kappa shape index (κ1) is 13.8. The van der Waals surface area contributed by atoms with E-state index in [0.717, 1.165) is 6.42 Å². The zero-order valence-electron chi connectivity index (χ0n) is 9.87. The fourth-order valence-corrected chi connectivity index (χ4v) is 1.53. The Kier molecular flexibility index (Phi) is 5.28. The number of methoxy groups -OCH3 is 1. The summed E-state index contributed by atoms with van der Waals surface area (Å²) in [6.07, 6.45) is 0.830. The van der Waals surface area contributed by atoms with Crippen LogP contribution in [0.5, 0.6) is 11.5 Å². The van der Waals surface area contributed by atoms with Gasteiger partial charge in [0.05, 0.1) is 12.7 Å². The van der Waals surface area contributed by atoms with E-state index in [1.165, 1.54) is 19.2 Å². The highest BCUT2D eigenvalue weighted by atomic mass is 79.9. The molecule has 2 N–H and O–H groups in total. The van der Waals surface area contributed by atoms with Gasteiger partial charge in [-0.05, 0) is 24.6 Å². The van der Waals surface area contributed by atoms with Gasteiger partial charge in [-0.15, -0.1) is 0 Å². The van der Waals surface area contributed by atoms with Crippen LogP contribution >= 0.6 is 15.9 Å². The fourth-order valence-electron chi connectivity index (χ4n) is 1.30. The standard InChI is InChI=1S/C12H16BrNO3/c1-8(13)5-6-14-12(16)10-7-9(17-2)3-4-11(10)15/h3-4,7-8,15H,5-6H2,1-2H3,(H,14,16). The van der Waals surface area contributed by atoms with Crippen molar-refractivity contribution in [1.29, 1.82) is 0 Å². The maximum Gasteiger partial charge on any atom is 0.255 e. The zero-order chi connectivity index (χ0) is 12.8. The molecule has 5 heteroatoms. The second-order valence-electron chi connectivity index (χ2n) is 3.71. The van der Waals surface area contributed by atoms with Crippen molar-refractivity contribution in [2.75, 3.05) is 13.7 Å². The van der Waals surface area contributed by atoms with Crippen LogP contribution in [-0.4, -0.2) is 29.5 Å². The van der Waals surface area contributed by atoms with Crippen LogP contribution in [0, 0.1) is 0 Å². The van der Waals surface area contributed by atoms with Gasteiger partial charge in [-0.2, -0.15) is 0 Å². The van der Waals surface area contributed by atoms with Crippen LogP contribution in [0.15, 0.2) is 18.2 Å². The summed E-state index contributed by atoms with van der Waals surface area (Å²) in [5.41, 5.74) is 0.228. The van der Waals surface area contributed by atoms with E-state index in [9.17, 15) is 9.90 Å². The number of halogens is 1. The van der Waals surface area contributed by atoms with Crippen molar-refractivity contribution >= 4 is 21.8 Å². The second kappa shape index (κ2) is 6.49. The van der Waals surface area contributed by atoms with E-state index in [1.807, 2.05) is 6.92 Å². The van der Waals surface area contributed by atoms with Crippen molar-refractivity contribution in [3.63, 3.8) is 0 Å². The normalized spacial score (nSPS) is 11.9. The predicted octanol–water partition coefficient (Wildman–Crippen LogP) is 2.30. The van der Waals surface area contributed by atoms with Crippen LogP contribution < -0.4 is 10.1 Å². The Morgan fingerprint density at radius 3 is 2.88 bits per heavy atom. The molecular formula is C12H16BrNO3. The molecule has 0 saturated carbocycles. The van der Waals surface area contributed by atoms with Gasteiger partial charge in [0.25, 0.3) is 5.91 Å². The van der Waals surface area contributed by atoms with Gasteiger partial charge < -0.3 is 15.2 Å². The van der Waals surface area contributed by atoms with Gasteiger partial charge in [-0.1, -0.05) is 22.9 Å². The Morgan fingerprint density at radius 1 is 1.59 bits per heavy atom. The zero-order valence-corrected chi connectivity index (χ0v) is 11.5. The predicted molar refractivity (Wildman–Crippen MR) is 70.0 cm³/mol. The lowest BCUT2D eigenvalue weighted by Crippen LogP contribution is -2.25. The lowest BCUT2D eigenvalue weighted by atomic mass is 10.1. The molecule has 0 aliphatic heterocycles. The van der Waals surface area contributed by atoms with Gasteiger partial charge in [-0.25, -0.2) is 0 Å². The molecule has 0 aliphatic carbocycles. The Bertz CT molecular complexity index is 393. The molecule has 4 nitrogen and oxygen atoms in total. The van der Waals surface area contributed by atoms with Gasteiger partial charge >= 0.3 is 0 Å². The SMILES string of the molecule is COc1ccc(O)c(C(=O)NCCC(C)Br)c1. The summed E-state index contributed by atoms with van der Waals surface area (Å²) in [5, 5.41) is 12.3. The summed E-state index contributed by atoms with van der Waals surface area (Å²) in [5.74, 6) is 0.201. The first-order valence-corrected chi connectivity index (χ1v) is 6.25. The minimum atomic E-state index is -0.297. The van der Waals surface area contributed by atoms with Crippen LogP contribution in [0.1, 0.15) is 23.7 Å². The van der Waals surface area contributed by atoms with E-state index in [-0.39, 0.29) is 17.2 Å². The molecule has 17 heavy (non-hydrogen) atoms. The summed E-state index contributed by atoms with van der Waals surface area (Å²) in [6, 6.07) is 4.57. The van der Waals surface area contributed by atoms with Crippen molar-refractivity contribution in [1.82, 2.24) is 5.32 Å². The summed E-state index contributed by atoms with van der Waals surface area (Å²) in [4.78, 5) is 12.1. The first-order chi connectivity index (χ1) is 8.04. The van der Waals surface area contributed by atoms with Crippen LogP contribution in [0.3, 0.4) is 0 Å². The van der Waals surface area contributed by atoms with Crippen LogP contribution in [0.25, 0.3) is 0 Å². The number of hydrogen-bond donors (Lipinski definition) is 2. The number of alkyl halides is 1. The van der Waals surface area contributed by atoms with Crippen molar-refractivity contribution in [2.45, 2.75) is 18.2 Å². The average Bonchev–Trinajstić information content (AvgIpc) is 2.29. The minimum absolute atomic E-state index is 0.0461. The average molecular weight is 302 g/mol. The summed E-state index contributed by atoms with van der Waals surface area (Å²) >= 11 is 3.40. The summed E-state index contributed by atoms with van der Waals surface area (Å²) in [6.45, 7) is 2.57. The minimum Gasteiger partial charge on any atom is -0.507 e. The molecule has 1 aromatic carbocycles. The van der Waals surface area contributed by atoms with Crippen molar-refractivity contribution in [2.24, 2.45) is 0 Å². The number of ether oxygens (including phenoxy) is 1. The molecule has 0 aromatic heterocycles. The Morgan fingerprint density at radius 2 is 2.29 bits per heavy atom. The molecule has 0 aliphatic rings. The van der Waals surface area contributed by atoms with E-state index in [0.29, 0.717) is 17.1 Å². The van der Waals surface area contributed by atoms with E-state index in [2.05, 4.69) is 21.2 Å². The number of aromatic hydroxyl groups is 1. The van der Waals surface area contributed by atoms with Gasteiger partial charge in [0.15, 0.2) is 0 Å². The third-order valence-corrected chi connectivity index (χ3v) is 2.73. The number of rotatable bonds is 5. The van der Waals surface area contributed by atoms with E-state index in [4.69, 9.17) is 4.74 Å². The number of benzene rings is 1. The van der Waals surface area contributed by atoms with Gasteiger partial charge in [0, 0.05) is 11.4 Å². The Hall–Kier alpha value is -1.23. The first-order valence-electron chi connectivity index (χ1n) is 5.34. The van der Waals surface area contributed by atoms with Gasteiger partial charge in [-0.3, -0.25) is 4.79 Å². The van der Waals surface area contributed by atoms with Gasteiger partial charge in [0.1, 0.15) is 11.5 Å². The summed E-state index contributed by atoms with van der Waals surface area (Å²) < 4.78 is 5.00. The molecular weight excluding hydrogens is 286 g/mol. The number of phenols is 1. The number of amides is 1. The van der Waals surface area contributed by atoms with E-state index < -0.39 is 0 Å². The lowest BCUT2D eigenvalue weighted by molar-refractivity contribution is 0.0950. The highest BCUT2D eigenvalue weighted by Gasteiger charge is 2.12. The van der Waals surface area contributed by atoms with Gasteiger partial charge in [0.2, 0.25) is 0 Å². The molecule has 0 spiro atoms. The van der Waals surface area contributed by atoms with E-state index >= 15 is 0 Å². The number of phenolic OH excluding ortho intramolecular Hbond substituents is 1. The molecule has 0 radical (unpaired) electrons. The summed E-state index contributed by atoms with van der Waals surface area (Å²) in [7, 11) is 1.51. The molecule has 1 aromatic rings. The van der Waals surface area contributed by atoms with E-state index in [1.54, 1.807) is 6.07 Å². The molecule has 1 atom stereocenters. The second-order valence-corrected chi connectivity index (χ2v) is 5.27. The smallest absolute Gasteiger partial charge is 0.255 e. The maximum absolute atomic E-state index is 11.8. The fraction of sp³-hybridized carbons (Fsp3) is 0.417. The number of hydrogen-bond acceptors (Lipinski definition) is 3. The molecule has 94 valence electrons. The topological polar surface area (TPSA) is 58.6 Å². The Balaban J connectivity index is 2.67. The quantitative estimate of drug-likeness (QED) is 0.821. The molecule has 1 rings (SSSR count). The number of carbonyl (C=O) groups excluding carboxylic acids is 1. The highest BCUT2D eigenvalue weighted by molar-refractivity contribution is 9.09. The number of nitrogens with one attached hydrogen (secondary N) is 1. The van der Waals surface area contributed by atoms with Crippen molar-refractivity contribution in [3.8, 4) is 11.5 Å². The molecule has 0 saturated heterocycles.